The molecule has 1 unspecified atom stereocenters. The molecule has 8 nitrogen and oxygen atoms in total. The smallest absolute Gasteiger partial charge is 0.254 e. The first-order chi connectivity index (χ1) is 19.1. The number of sulfone groups is 1. The molecule has 0 saturated carbocycles. The number of nitrogens with zero attached hydrogens (tertiary/aromatic N) is 5. The van der Waals surface area contributed by atoms with Gasteiger partial charge in [0, 0.05) is 42.5 Å². The van der Waals surface area contributed by atoms with Crippen LogP contribution in [-0.2, 0) is 9.84 Å². The molecule has 0 aliphatic carbocycles. The third-order valence-corrected chi connectivity index (χ3v) is 10.0. The lowest BCUT2D eigenvalue weighted by Crippen LogP contribution is -2.49. The minimum absolute atomic E-state index is 0.0355. The summed E-state index contributed by atoms with van der Waals surface area (Å²) in [4.78, 5) is 23.2. The third kappa shape index (κ3) is 4.97. The molecule has 1 amide bonds. The molecule has 10 heteroatoms. The Morgan fingerprint density at radius 1 is 0.975 bits per heavy atom. The van der Waals surface area contributed by atoms with E-state index in [1.165, 1.54) is 0 Å². The number of piperazine rings is 1. The van der Waals surface area contributed by atoms with Crippen molar-refractivity contribution in [2.24, 2.45) is 0 Å². The maximum absolute atomic E-state index is 14.1. The number of hydrogen-bond donors (Lipinski definition) is 0. The number of amides is 1. The summed E-state index contributed by atoms with van der Waals surface area (Å²) in [6.45, 7) is 8.50. The first-order valence-electron chi connectivity index (χ1n) is 13.6. The number of pyridine rings is 1. The standard InChI is InChI=1S/C30H32ClN5O3S/c1-19-4-7-22(8-5-19)26-17-25(28-21(3)33-36(29(28)32-26)24-10-15-40(38,39)18-24)30(37)35-13-11-34(12-14-35)27-16-23(31)9-6-20(27)2/h4-9,16-17,24H,10-15,18H2,1-3H3. The number of halogens is 1. The van der Waals surface area contributed by atoms with Crippen LogP contribution in [0.15, 0.2) is 48.5 Å². The minimum atomic E-state index is -3.12. The predicted molar refractivity (Wildman–Crippen MR) is 159 cm³/mol. The lowest BCUT2D eigenvalue weighted by molar-refractivity contribution is 0.0748. The fourth-order valence-electron chi connectivity index (χ4n) is 5.82. The van der Waals surface area contributed by atoms with Crippen molar-refractivity contribution >= 4 is 44.1 Å². The SMILES string of the molecule is Cc1ccc(-c2cc(C(=O)N3CCN(c4cc(Cl)ccc4C)CC3)c3c(C)nn(C4CCS(=O)(=O)C4)c3n2)cc1. The number of carbonyl (C=O) groups excluding carboxylic acids is 1. The predicted octanol–water partition coefficient (Wildman–Crippen LogP) is 5.00. The van der Waals surface area contributed by atoms with E-state index in [1.807, 2.05) is 67.3 Å². The number of benzene rings is 2. The number of aromatic nitrogens is 3. The molecular weight excluding hydrogens is 546 g/mol. The van der Waals surface area contributed by atoms with Crippen LogP contribution in [0.3, 0.4) is 0 Å². The molecule has 208 valence electrons. The van der Waals surface area contributed by atoms with Crippen molar-refractivity contribution < 1.29 is 13.2 Å². The van der Waals surface area contributed by atoms with E-state index in [0.29, 0.717) is 65.6 Å². The van der Waals surface area contributed by atoms with E-state index in [9.17, 15) is 13.2 Å². The van der Waals surface area contributed by atoms with E-state index in [-0.39, 0.29) is 23.5 Å². The molecule has 2 saturated heterocycles. The molecule has 1 atom stereocenters. The van der Waals surface area contributed by atoms with Gasteiger partial charge in [-0.2, -0.15) is 5.10 Å². The largest absolute Gasteiger partial charge is 0.368 e. The van der Waals surface area contributed by atoms with Crippen LogP contribution >= 0.6 is 11.6 Å². The molecule has 2 aromatic carbocycles. The van der Waals surface area contributed by atoms with Crippen molar-refractivity contribution in [3.63, 3.8) is 0 Å². The van der Waals surface area contributed by atoms with Gasteiger partial charge >= 0.3 is 0 Å². The third-order valence-electron chi connectivity index (χ3n) is 8.05. The summed E-state index contributed by atoms with van der Waals surface area (Å²) < 4.78 is 26.3. The monoisotopic (exact) mass is 577 g/mol. The summed E-state index contributed by atoms with van der Waals surface area (Å²) >= 11 is 6.27. The van der Waals surface area contributed by atoms with Crippen molar-refractivity contribution in [1.29, 1.82) is 0 Å². The molecule has 2 fully saturated rings. The number of carbonyl (C=O) groups is 1. The Morgan fingerprint density at radius 3 is 2.38 bits per heavy atom. The van der Waals surface area contributed by atoms with Gasteiger partial charge < -0.3 is 9.80 Å². The van der Waals surface area contributed by atoms with Crippen molar-refractivity contribution in [2.75, 3.05) is 42.6 Å². The van der Waals surface area contributed by atoms with Gasteiger partial charge in [-0.05, 0) is 51.0 Å². The van der Waals surface area contributed by atoms with E-state index >= 15 is 0 Å². The molecule has 2 aromatic heterocycles. The highest BCUT2D eigenvalue weighted by atomic mass is 35.5. The molecular formula is C30H32ClN5O3S. The van der Waals surface area contributed by atoms with Gasteiger partial charge in [0.1, 0.15) is 0 Å². The lowest BCUT2D eigenvalue weighted by Gasteiger charge is -2.37. The lowest BCUT2D eigenvalue weighted by atomic mass is 10.0. The van der Waals surface area contributed by atoms with Crippen LogP contribution < -0.4 is 4.90 Å². The van der Waals surface area contributed by atoms with Gasteiger partial charge in [0.15, 0.2) is 15.5 Å². The zero-order chi connectivity index (χ0) is 28.2. The molecule has 0 spiro atoms. The molecule has 0 N–H and O–H groups in total. The Hall–Kier alpha value is -3.43. The van der Waals surface area contributed by atoms with Crippen molar-refractivity contribution in [1.82, 2.24) is 19.7 Å². The van der Waals surface area contributed by atoms with Gasteiger partial charge in [-0.1, -0.05) is 47.5 Å². The normalized spacial score (nSPS) is 18.9. The number of hydrogen-bond acceptors (Lipinski definition) is 6. The minimum Gasteiger partial charge on any atom is -0.368 e. The number of anilines is 1. The Labute approximate surface area is 239 Å². The second-order valence-corrected chi connectivity index (χ2v) is 13.6. The molecule has 2 aliphatic rings. The Morgan fingerprint density at radius 2 is 1.70 bits per heavy atom. The highest BCUT2D eigenvalue weighted by Crippen LogP contribution is 2.33. The van der Waals surface area contributed by atoms with Crippen LogP contribution in [0, 0.1) is 20.8 Å². The zero-order valence-corrected chi connectivity index (χ0v) is 24.5. The van der Waals surface area contributed by atoms with Gasteiger partial charge in [-0.25, -0.2) is 18.1 Å². The maximum atomic E-state index is 14.1. The van der Waals surface area contributed by atoms with Gasteiger partial charge in [0.05, 0.1) is 39.9 Å². The number of aryl methyl sites for hydroxylation is 3. The average molecular weight is 578 g/mol. The highest BCUT2D eigenvalue weighted by molar-refractivity contribution is 7.91. The molecule has 2 aliphatic heterocycles. The first kappa shape index (κ1) is 26.8. The van der Waals surface area contributed by atoms with Crippen LogP contribution in [0.4, 0.5) is 5.69 Å². The van der Waals surface area contributed by atoms with E-state index in [4.69, 9.17) is 21.7 Å². The van der Waals surface area contributed by atoms with E-state index in [2.05, 4.69) is 11.8 Å². The molecule has 4 heterocycles. The Bertz CT molecular complexity index is 1720. The quantitative estimate of drug-likeness (QED) is 0.339. The van der Waals surface area contributed by atoms with Crippen molar-refractivity contribution in [3.8, 4) is 11.3 Å². The fraction of sp³-hybridized carbons (Fsp3) is 0.367. The zero-order valence-electron chi connectivity index (χ0n) is 22.9. The highest BCUT2D eigenvalue weighted by Gasteiger charge is 2.33. The van der Waals surface area contributed by atoms with Crippen molar-refractivity contribution in [3.05, 3.63) is 75.9 Å². The van der Waals surface area contributed by atoms with Gasteiger partial charge in [0.25, 0.3) is 5.91 Å². The van der Waals surface area contributed by atoms with Crippen LogP contribution in [0.2, 0.25) is 5.02 Å². The molecule has 0 bridgehead atoms. The van der Waals surface area contributed by atoms with E-state index in [1.54, 1.807) is 4.68 Å². The number of rotatable bonds is 4. The van der Waals surface area contributed by atoms with Gasteiger partial charge in [-0.15, -0.1) is 0 Å². The van der Waals surface area contributed by atoms with Crippen LogP contribution in [0.1, 0.15) is 39.6 Å². The molecule has 40 heavy (non-hydrogen) atoms. The summed E-state index contributed by atoms with van der Waals surface area (Å²) in [5.74, 6) is 0.107. The summed E-state index contributed by atoms with van der Waals surface area (Å²) in [5.41, 5.74) is 6.74. The van der Waals surface area contributed by atoms with Crippen LogP contribution in [0.25, 0.3) is 22.3 Å². The van der Waals surface area contributed by atoms with Crippen LogP contribution in [-0.4, -0.2) is 71.7 Å². The summed E-state index contributed by atoms with van der Waals surface area (Å²) in [5, 5.41) is 6.13. The second-order valence-electron chi connectivity index (χ2n) is 10.9. The average Bonchev–Trinajstić information content (AvgIpc) is 3.48. The topological polar surface area (TPSA) is 88.4 Å². The fourth-order valence-corrected chi connectivity index (χ4v) is 7.68. The second kappa shape index (κ2) is 10.2. The molecule has 0 radical (unpaired) electrons. The van der Waals surface area contributed by atoms with Crippen LogP contribution in [0.5, 0.6) is 0 Å². The maximum Gasteiger partial charge on any atom is 0.254 e. The molecule has 6 rings (SSSR count). The Balaban J connectivity index is 1.38. The first-order valence-corrected chi connectivity index (χ1v) is 15.8. The van der Waals surface area contributed by atoms with E-state index < -0.39 is 9.84 Å². The summed E-state index contributed by atoms with van der Waals surface area (Å²) in [6, 6.07) is 15.5. The number of fused-ring (bicyclic) bond motifs is 1. The van der Waals surface area contributed by atoms with Crippen molar-refractivity contribution in [2.45, 2.75) is 33.2 Å². The van der Waals surface area contributed by atoms with E-state index in [0.717, 1.165) is 22.4 Å². The molecule has 4 aromatic rings. The van der Waals surface area contributed by atoms with Gasteiger partial charge in [-0.3, -0.25) is 4.79 Å². The Kier molecular flexibility index (Phi) is 6.82. The summed E-state index contributed by atoms with van der Waals surface area (Å²) in [6.07, 6.45) is 0.489. The summed E-state index contributed by atoms with van der Waals surface area (Å²) in [7, 11) is -3.12. The van der Waals surface area contributed by atoms with Gasteiger partial charge in [0.2, 0.25) is 0 Å².